The number of benzene rings is 1. The van der Waals surface area contributed by atoms with Crippen LogP contribution in [0.25, 0.3) is 0 Å². The van der Waals surface area contributed by atoms with Gasteiger partial charge in [-0.1, -0.05) is 13.8 Å². The van der Waals surface area contributed by atoms with Gasteiger partial charge in [-0.15, -0.1) is 0 Å². The van der Waals surface area contributed by atoms with Gasteiger partial charge in [-0.2, -0.15) is 5.10 Å². The third-order valence-corrected chi connectivity index (χ3v) is 2.93. The molecule has 6 heteroatoms. The summed E-state index contributed by atoms with van der Waals surface area (Å²) in [6.07, 6.45) is 2.26. The van der Waals surface area contributed by atoms with Crippen LogP contribution in [-0.4, -0.2) is 28.2 Å². The van der Waals surface area contributed by atoms with Crippen LogP contribution >= 0.6 is 0 Å². The Balaban J connectivity index is 2.09. The Kier molecular flexibility index (Phi) is 4.92. The van der Waals surface area contributed by atoms with E-state index < -0.39 is 0 Å². The van der Waals surface area contributed by atoms with Crippen molar-refractivity contribution in [1.82, 2.24) is 14.8 Å². The van der Waals surface area contributed by atoms with Crippen molar-refractivity contribution in [3.8, 4) is 11.5 Å². The molecule has 1 heterocycles. The first-order chi connectivity index (χ1) is 10.1. The first kappa shape index (κ1) is 15.0. The van der Waals surface area contributed by atoms with Crippen molar-refractivity contribution in [2.24, 2.45) is 5.92 Å². The minimum Gasteiger partial charge on any atom is -0.497 e. The molecule has 1 aromatic heterocycles. The fraction of sp³-hybridized carbons (Fsp3) is 0.400. The Labute approximate surface area is 123 Å². The van der Waals surface area contributed by atoms with Crippen LogP contribution in [0.3, 0.4) is 0 Å². The summed E-state index contributed by atoms with van der Waals surface area (Å²) >= 11 is 0. The molecule has 0 amide bonds. The number of methoxy groups -OCH3 is 1. The molecule has 0 N–H and O–H groups in total. The summed E-state index contributed by atoms with van der Waals surface area (Å²) in [4.78, 5) is 15.3. The third-order valence-electron chi connectivity index (χ3n) is 2.93. The molecule has 0 aliphatic carbocycles. The van der Waals surface area contributed by atoms with Crippen LogP contribution in [0.1, 0.15) is 30.0 Å². The largest absolute Gasteiger partial charge is 0.497 e. The van der Waals surface area contributed by atoms with Gasteiger partial charge in [0.2, 0.25) is 0 Å². The zero-order valence-electron chi connectivity index (χ0n) is 12.4. The Bertz CT molecular complexity index is 608. The van der Waals surface area contributed by atoms with Crippen LogP contribution in [0.5, 0.6) is 11.5 Å². The van der Waals surface area contributed by atoms with Crippen molar-refractivity contribution in [3.05, 3.63) is 35.9 Å². The summed E-state index contributed by atoms with van der Waals surface area (Å²) in [5.74, 6) is 2.32. The Hall–Kier alpha value is -2.37. The van der Waals surface area contributed by atoms with Crippen molar-refractivity contribution in [2.75, 3.05) is 7.11 Å². The lowest BCUT2D eigenvalue weighted by Crippen LogP contribution is -2.12. The van der Waals surface area contributed by atoms with E-state index in [0.29, 0.717) is 23.0 Å². The Morgan fingerprint density at radius 1 is 1.38 bits per heavy atom. The van der Waals surface area contributed by atoms with Crippen molar-refractivity contribution in [2.45, 2.75) is 27.0 Å². The number of ether oxygens (including phenoxy) is 2. The van der Waals surface area contributed by atoms with Crippen molar-refractivity contribution < 1.29 is 14.3 Å². The van der Waals surface area contributed by atoms with Crippen LogP contribution < -0.4 is 9.47 Å². The highest BCUT2D eigenvalue weighted by molar-refractivity contribution is 5.80. The van der Waals surface area contributed by atoms with E-state index >= 15 is 0 Å². The smallest absolute Gasteiger partial charge is 0.164 e. The molecule has 0 unspecified atom stereocenters. The van der Waals surface area contributed by atoms with Crippen molar-refractivity contribution in [1.29, 1.82) is 0 Å². The van der Waals surface area contributed by atoms with Gasteiger partial charge >= 0.3 is 0 Å². The van der Waals surface area contributed by atoms with E-state index in [1.165, 1.54) is 6.33 Å². The highest BCUT2D eigenvalue weighted by atomic mass is 16.5. The second-order valence-electron chi connectivity index (χ2n) is 5.06. The SMILES string of the molecule is COc1ccc(OCc2ncnn2CC(C)C)c(C=O)c1. The van der Waals surface area contributed by atoms with Crippen LogP contribution in [0.4, 0.5) is 0 Å². The molecule has 1 aromatic carbocycles. The summed E-state index contributed by atoms with van der Waals surface area (Å²) < 4.78 is 12.6. The summed E-state index contributed by atoms with van der Waals surface area (Å²) in [6.45, 7) is 5.27. The number of nitrogens with zero attached hydrogens (tertiary/aromatic N) is 3. The average Bonchev–Trinajstić information content (AvgIpc) is 2.91. The predicted octanol–water partition coefficient (Wildman–Crippen LogP) is 2.33. The van der Waals surface area contributed by atoms with E-state index in [1.54, 1.807) is 25.3 Å². The quantitative estimate of drug-likeness (QED) is 0.732. The molecule has 2 aromatic rings. The standard InChI is InChI=1S/C15H19N3O3/c1-11(2)7-18-15(16-10-17-18)9-21-14-5-4-13(20-3)6-12(14)8-19/h4-6,8,10-11H,7,9H2,1-3H3. The van der Waals surface area contributed by atoms with Gasteiger partial charge in [-0.05, 0) is 24.1 Å². The van der Waals surface area contributed by atoms with Crippen LogP contribution in [0.15, 0.2) is 24.5 Å². The van der Waals surface area contributed by atoms with Gasteiger partial charge in [0.25, 0.3) is 0 Å². The molecule has 0 spiro atoms. The van der Waals surface area contributed by atoms with Crippen molar-refractivity contribution >= 4 is 6.29 Å². The van der Waals surface area contributed by atoms with Crippen molar-refractivity contribution in [3.63, 3.8) is 0 Å². The molecule has 2 rings (SSSR count). The second kappa shape index (κ2) is 6.88. The van der Waals surface area contributed by atoms with E-state index in [4.69, 9.17) is 9.47 Å². The molecule has 0 aliphatic rings. The van der Waals surface area contributed by atoms with E-state index in [1.807, 2.05) is 4.68 Å². The first-order valence-electron chi connectivity index (χ1n) is 6.76. The minimum atomic E-state index is 0.264. The molecule has 0 saturated heterocycles. The van der Waals surface area contributed by atoms with E-state index in [2.05, 4.69) is 23.9 Å². The molecule has 21 heavy (non-hydrogen) atoms. The molecular weight excluding hydrogens is 270 g/mol. The zero-order valence-corrected chi connectivity index (χ0v) is 12.4. The number of carbonyl (C=O) groups is 1. The third kappa shape index (κ3) is 3.81. The number of aldehydes is 1. The Morgan fingerprint density at radius 3 is 2.86 bits per heavy atom. The van der Waals surface area contributed by atoms with Gasteiger partial charge in [-0.3, -0.25) is 4.79 Å². The molecule has 0 saturated carbocycles. The van der Waals surface area contributed by atoms with E-state index in [0.717, 1.165) is 18.7 Å². The van der Waals surface area contributed by atoms with Gasteiger partial charge in [-0.25, -0.2) is 9.67 Å². The maximum atomic E-state index is 11.1. The van der Waals surface area contributed by atoms with Gasteiger partial charge < -0.3 is 9.47 Å². The summed E-state index contributed by atoms with van der Waals surface area (Å²) in [7, 11) is 1.55. The van der Waals surface area contributed by atoms with E-state index in [9.17, 15) is 4.79 Å². The first-order valence-corrected chi connectivity index (χ1v) is 6.76. The normalized spacial score (nSPS) is 10.7. The molecule has 0 aliphatic heterocycles. The lowest BCUT2D eigenvalue weighted by molar-refractivity contribution is 0.111. The molecular formula is C15H19N3O3. The molecule has 0 atom stereocenters. The van der Waals surface area contributed by atoms with Crippen LogP contribution in [0.2, 0.25) is 0 Å². The number of rotatable bonds is 7. The monoisotopic (exact) mass is 289 g/mol. The lowest BCUT2D eigenvalue weighted by atomic mass is 10.2. The summed E-state index contributed by atoms with van der Waals surface area (Å²) in [6, 6.07) is 5.11. The lowest BCUT2D eigenvalue weighted by Gasteiger charge is -2.11. The molecule has 112 valence electrons. The minimum absolute atomic E-state index is 0.264. The maximum Gasteiger partial charge on any atom is 0.164 e. The van der Waals surface area contributed by atoms with Crippen LogP contribution in [0, 0.1) is 5.92 Å². The second-order valence-corrected chi connectivity index (χ2v) is 5.06. The fourth-order valence-electron chi connectivity index (χ4n) is 1.92. The van der Waals surface area contributed by atoms with Crippen LogP contribution in [-0.2, 0) is 13.2 Å². The van der Waals surface area contributed by atoms with Gasteiger partial charge in [0.1, 0.15) is 24.4 Å². The zero-order chi connectivity index (χ0) is 15.2. The van der Waals surface area contributed by atoms with Gasteiger partial charge in [0, 0.05) is 6.54 Å². The number of hydrogen-bond donors (Lipinski definition) is 0. The molecule has 0 bridgehead atoms. The average molecular weight is 289 g/mol. The van der Waals surface area contributed by atoms with Gasteiger partial charge in [0.05, 0.1) is 12.7 Å². The predicted molar refractivity (Wildman–Crippen MR) is 77.6 cm³/mol. The summed E-state index contributed by atoms with van der Waals surface area (Å²) in [5.41, 5.74) is 0.448. The molecule has 0 radical (unpaired) electrons. The topological polar surface area (TPSA) is 66.2 Å². The highest BCUT2D eigenvalue weighted by Crippen LogP contribution is 2.23. The summed E-state index contributed by atoms with van der Waals surface area (Å²) in [5, 5.41) is 4.17. The Morgan fingerprint density at radius 2 is 2.19 bits per heavy atom. The number of carbonyl (C=O) groups excluding carboxylic acids is 1. The molecule has 6 nitrogen and oxygen atoms in total. The van der Waals surface area contributed by atoms with E-state index in [-0.39, 0.29) is 6.61 Å². The maximum absolute atomic E-state index is 11.1. The van der Waals surface area contributed by atoms with Gasteiger partial charge in [0.15, 0.2) is 12.1 Å². The number of aromatic nitrogens is 3. The number of hydrogen-bond acceptors (Lipinski definition) is 5. The highest BCUT2D eigenvalue weighted by Gasteiger charge is 2.09. The molecule has 0 fully saturated rings. The fourth-order valence-corrected chi connectivity index (χ4v) is 1.92.